The zero-order valence-corrected chi connectivity index (χ0v) is 18.6. The van der Waals surface area contributed by atoms with Crippen LogP contribution < -0.4 is 20.5 Å². The molecule has 4 rings (SSSR count). The van der Waals surface area contributed by atoms with Gasteiger partial charge in [0, 0.05) is 35.9 Å². The molecule has 34 heavy (non-hydrogen) atoms. The van der Waals surface area contributed by atoms with Crippen LogP contribution in [-0.4, -0.2) is 36.4 Å². The summed E-state index contributed by atoms with van der Waals surface area (Å²) in [6.07, 6.45) is -3.00. The Morgan fingerprint density at radius 2 is 1.97 bits per heavy atom. The fourth-order valence-corrected chi connectivity index (χ4v) is 3.84. The highest BCUT2D eigenvalue weighted by molar-refractivity contribution is 5.91. The molecule has 0 amide bonds. The summed E-state index contributed by atoms with van der Waals surface area (Å²) in [5.41, 5.74) is 4.27. The molecule has 1 atom stereocenters. The average Bonchev–Trinajstić information content (AvgIpc) is 3.30. The van der Waals surface area contributed by atoms with E-state index in [9.17, 15) is 17.6 Å². The number of nitrogens with zero attached hydrogens (tertiary/aromatic N) is 2. The van der Waals surface area contributed by atoms with Gasteiger partial charge in [-0.1, -0.05) is 0 Å². The maximum Gasteiger partial charge on any atom is 0.419 e. The van der Waals surface area contributed by atoms with Gasteiger partial charge in [-0.05, 0) is 38.0 Å². The monoisotopic (exact) mass is 480 g/mol. The van der Waals surface area contributed by atoms with Gasteiger partial charge in [-0.25, -0.2) is 14.4 Å². The number of hydrogen-bond donors (Lipinski definition) is 2. The highest BCUT2D eigenvalue weighted by atomic mass is 19.4. The molecule has 2 heterocycles. The predicted molar refractivity (Wildman–Crippen MR) is 118 cm³/mol. The van der Waals surface area contributed by atoms with Crippen LogP contribution in [0.5, 0.6) is 11.5 Å². The Labute approximate surface area is 193 Å². The number of halogens is 4. The lowest BCUT2D eigenvalue weighted by Gasteiger charge is -2.17. The Morgan fingerprint density at radius 3 is 2.65 bits per heavy atom. The smallest absolute Gasteiger partial charge is 0.419 e. The van der Waals surface area contributed by atoms with E-state index in [-0.39, 0.29) is 23.9 Å². The summed E-state index contributed by atoms with van der Waals surface area (Å²) in [5.74, 6) is 0.241. The second kappa shape index (κ2) is 9.49. The van der Waals surface area contributed by atoms with Crippen molar-refractivity contribution in [2.45, 2.75) is 38.6 Å². The van der Waals surface area contributed by atoms with Crippen LogP contribution >= 0.6 is 0 Å². The van der Waals surface area contributed by atoms with E-state index in [0.29, 0.717) is 53.3 Å². The molecular weight excluding hydrogens is 456 g/mol. The van der Waals surface area contributed by atoms with Crippen molar-refractivity contribution in [2.75, 3.05) is 31.4 Å². The molecule has 2 aromatic carbocycles. The number of aryl methyl sites for hydroxylation is 1. The quantitative estimate of drug-likeness (QED) is 0.369. The Morgan fingerprint density at radius 1 is 1.18 bits per heavy atom. The Kier molecular flexibility index (Phi) is 6.65. The summed E-state index contributed by atoms with van der Waals surface area (Å²) >= 11 is 0. The van der Waals surface area contributed by atoms with Crippen molar-refractivity contribution < 1.29 is 31.8 Å². The molecule has 1 aromatic heterocycles. The molecule has 0 spiro atoms. The Hall–Kier alpha value is -3.34. The molecular formula is C23H24F4N4O3. The van der Waals surface area contributed by atoms with E-state index in [4.69, 9.17) is 19.9 Å². The van der Waals surface area contributed by atoms with Gasteiger partial charge in [0.15, 0.2) is 11.5 Å². The topological polar surface area (TPSA) is 91.5 Å². The SMILES string of the molecule is COc1cc2nc(C)nc(NCc3cc(N)cc(C(F)(F)F)c3F)c2cc1OC[C@H]1CCCO1. The Bertz CT molecular complexity index is 1200. The molecule has 1 aliphatic heterocycles. The fourth-order valence-electron chi connectivity index (χ4n) is 3.84. The van der Waals surface area contributed by atoms with Gasteiger partial charge in [-0.15, -0.1) is 0 Å². The molecule has 11 heteroatoms. The lowest BCUT2D eigenvalue weighted by molar-refractivity contribution is -0.140. The predicted octanol–water partition coefficient (Wildman–Crippen LogP) is 4.86. The van der Waals surface area contributed by atoms with Crippen molar-refractivity contribution in [1.82, 2.24) is 9.97 Å². The number of alkyl halides is 3. The Balaban J connectivity index is 1.66. The van der Waals surface area contributed by atoms with Crippen LogP contribution in [0.3, 0.4) is 0 Å². The molecule has 3 N–H and O–H groups in total. The lowest BCUT2D eigenvalue weighted by Crippen LogP contribution is -2.16. The number of ether oxygens (including phenoxy) is 3. The van der Waals surface area contributed by atoms with Crippen molar-refractivity contribution in [3.63, 3.8) is 0 Å². The number of nitrogens with two attached hydrogens (primary N) is 1. The van der Waals surface area contributed by atoms with Gasteiger partial charge in [-0.2, -0.15) is 13.2 Å². The zero-order valence-electron chi connectivity index (χ0n) is 18.6. The summed E-state index contributed by atoms with van der Waals surface area (Å²) in [7, 11) is 1.51. The molecule has 0 bridgehead atoms. The standard InChI is InChI=1S/C23H24F4N4O3/c1-12-30-18-9-19(32-2)20(34-11-15-4-3-5-33-15)8-16(18)22(31-12)29-10-13-6-14(28)7-17(21(13)24)23(25,26)27/h6-9,15H,3-5,10-11,28H2,1-2H3,(H,29,30,31)/t15-/m1/s1. The van der Waals surface area contributed by atoms with Gasteiger partial charge in [0.05, 0.1) is 24.3 Å². The minimum atomic E-state index is -4.86. The normalized spacial score (nSPS) is 16.1. The largest absolute Gasteiger partial charge is 0.493 e. The van der Waals surface area contributed by atoms with Gasteiger partial charge in [0.2, 0.25) is 0 Å². The molecule has 7 nitrogen and oxygen atoms in total. The lowest BCUT2D eigenvalue weighted by atomic mass is 10.1. The molecule has 1 aliphatic rings. The van der Waals surface area contributed by atoms with Crippen molar-refractivity contribution in [3.05, 3.63) is 47.0 Å². The maximum absolute atomic E-state index is 14.6. The summed E-state index contributed by atoms with van der Waals surface area (Å²) < 4.78 is 71.0. The molecule has 1 saturated heterocycles. The maximum atomic E-state index is 14.6. The molecule has 3 aromatic rings. The third-order valence-corrected chi connectivity index (χ3v) is 5.46. The number of aromatic nitrogens is 2. The van der Waals surface area contributed by atoms with E-state index in [1.54, 1.807) is 19.1 Å². The third kappa shape index (κ3) is 5.09. The number of nitrogens with one attached hydrogen (secondary N) is 1. The van der Waals surface area contributed by atoms with Crippen LogP contribution in [0.1, 0.15) is 29.8 Å². The molecule has 182 valence electrons. The van der Waals surface area contributed by atoms with Crippen LogP contribution in [0.2, 0.25) is 0 Å². The van der Waals surface area contributed by atoms with Gasteiger partial charge in [0.25, 0.3) is 0 Å². The van der Waals surface area contributed by atoms with E-state index >= 15 is 0 Å². The van der Waals surface area contributed by atoms with Crippen LogP contribution in [0.4, 0.5) is 29.1 Å². The molecule has 0 saturated carbocycles. The summed E-state index contributed by atoms with van der Waals surface area (Å²) in [5, 5.41) is 3.45. The highest BCUT2D eigenvalue weighted by Gasteiger charge is 2.35. The van der Waals surface area contributed by atoms with E-state index in [1.807, 2.05) is 0 Å². The molecule has 1 fully saturated rings. The van der Waals surface area contributed by atoms with Crippen LogP contribution in [0.25, 0.3) is 10.9 Å². The number of hydrogen-bond acceptors (Lipinski definition) is 7. The average molecular weight is 480 g/mol. The van der Waals surface area contributed by atoms with E-state index < -0.39 is 17.6 Å². The molecule has 0 unspecified atom stereocenters. The molecule has 0 radical (unpaired) electrons. The third-order valence-electron chi connectivity index (χ3n) is 5.46. The van der Waals surface area contributed by atoms with Crippen LogP contribution in [-0.2, 0) is 17.5 Å². The van der Waals surface area contributed by atoms with Crippen LogP contribution in [0, 0.1) is 12.7 Å². The first-order valence-electron chi connectivity index (χ1n) is 10.7. The van der Waals surface area contributed by atoms with Gasteiger partial charge in [0.1, 0.15) is 24.1 Å². The van der Waals surface area contributed by atoms with E-state index in [0.717, 1.165) is 18.9 Å². The minimum absolute atomic E-state index is 0.0124. The second-order valence-corrected chi connectivity index (χ2v) is 7.98. The summed E-state index contributed by atoms with van der Waals surface area (Å²) in [6, 6.07) is 5.10. The zero-order chi connectivity index (χ0) is 24.5. The van der Waals surface area contributed by atoms with Crippen molar-refractivity contribution >= 4 is 22.4 Å². The first kappa shape index (κ1) is 23.8. The van der Waals surface area contributed by atoms with Crippen molar-refractivity contribution in [3.8, 4) is 11.5 Å². The van der Waals surface area contributed by atoms with Gasteiger partial charge in [-0.3, -0.25) is 0 Å². The fraction of sp³-hybridized carbons (Fsp3) is 0.391. The summed E-state index contributed by atoms with van der Waals surface area (Å²) in [4.78, 5) is 8.76. The van der Waals surface area contributed by atoms with E-state index in [1.165, 1.54) is 7.11 Å². The minimum Gasteiger partial charge on any atom is -0.493 e. The van der Waals surface area contributed by atoms with Crippen LogP contribution in [0.15, 0.2) is 24.3 Å². The number of fused-ring (bicyclic) bond motifs is 1. The first-order chi connectivity index (χ1) is 16.2. The summed E-state index contributed by atoms with van der Waals surface area (Å²) in [6.45, 7) is 2.43. The first-order valence-corrected chi connectivity index (χ1v) is 10.7. The molecule has 0 aliphatic carbocycles. The highest BCUT2D eigenvalue weighted by Crippen LogP contribution is 2.36. The number of methoxy groups -OCH3 is 1. The number of nitrogen functional groups attached to an aromatic ring is 1. The van der Waals surface area contributed by atoms with Gasteiger partial charge < -0.3 is 25.3 Å². The number of rotatable bonds is 7. The van der Waals surface area contributed by atoms with E-state index in [2.05, 4.69) is 15.3 Å². The number of benzene rings is 2. The second-order valence-electron chi connectivity index (χ2n) is 7.98. The van der Waals surface area contributed by atoms with Gasteiger partial charge >= 0.3 is 6.18 Å². The van der Waals surface area contributed by atoms with Crippen molar-refractivity contribution in [2.24, 2.45) is 0 Å². The van der Waals surface area contributed by atoms with Crippen molar-refractivity contribution in [1.29, 1.82) is 0 Å². The number of anilines is 2.